The molecule has 2 aliphatic rings. The number of ether oxygens (including phenoxy) is 1. The molecule has 4 nitrogen and oxygen atoms in total. The SMILES string of the molecule is COc1ccc(CN2CCC3(CC2)CC(CC(=O)N(C)C)c2ccccc23)cc1. The van der Waals surface area contributed by atoms with Crippen LogP contribution in [0.3, 0.4) is 0 Å². The topological polar surface area (TPSA) is 32.8 Å². The van der Waals surface area contributed by atoms with E-state index >= 15 is 0 Å². The fourth-order valence-electron chi connectivity index (χ4n) is 5.20. The molecule has 0 aromatic heterocycles. The Morgan fingerprint density at radius 2 is 1.79 bits per heavy atom. The summed E-state index contributed by atoms with van der Waals surface area (Å²) >= 11 is 0. The third-order valence-corrected chi connectivity index (χ3v) is 6.91. The summed E-state index contributed by atoms with van der Waals surface area (Å²) in [6, 6.07) is 17.3. The summed E-state index contributed by atoms with van der Waals surface area (Å²) in [6.45, 7) is 3.20. The van der Waals surface area contributed by atoms with Gasteiger partial charge in [-0.25, -0.2) is 0 Å². The molecule has 1 atom stereocenters. The fourth-order valence-corrected chi connectivity index (χ4v) is 5.20. The van der Waals surface area contributed by atoms with Crippen LogP contribution >= 0.6 is 0 Å². The van der Waals surface area contributed by atoms with Gasteiger partial charge in [-0.1, -0.05) is 36.4 Å². The summed E-state index contributed by atoms with van der Waals surface area (Å²) in [5.74, 6) is 1.50. The molecule has 1 spiro atoms. The quantitative estimate of drug-likeness (QED) is 0.765. The predicted octanol–water partition coefficient (Wildman–Crippen LogP) is 4.19. The van der Waals surface area contributed by atoms with E-state index in [0.717, 1.165) is 31.8 Å². The molecule has 2 aromatic rings. The van der Waals surface area contributed by atoms with E-state index in [1.165, 1.54) is 29.5 Å². The lowest BCUT2D eigenvalue weighted by molar-refractivity contribution is -0.129. The smallest absolute Gasteiger partial charge is 0.222 e. The molecule has 1 amide bonds. The first-order valence-corrected chi connectivity index (χ1v) is 10.7. The number of piperidine rings is 1. The first-order chi connectivity index (χ1) is 14.0. The van der Waals surface area contributed by atoms with Crippen LogP contribution in [0.4, 0.5) is 0 Å². The van der Waals surface area contributed by atoms with Crippen molar-refractivity contribution in [2.75, 3.05) is 34.3 Å². The van der Waals surface area contributed by atoms with Gasteiger partial charge in [0, 0.05) is 27.1 Å². The van der Waals surface area contributed by atoms with Gasteiger partial charge in [-0.3, -0.25) is 9.69 Å². The second kappa shape index (κ2) is 8.19. The molecule has 1 aliphatic heterocycles. The Morgan fingerprint density at radius 3 is 2.45 bits per heavy atom. The van der Waals surface area contributed by atoms with Crippen LogP contribution in [0.1, 0.15) is 48.3 Å². The molecule has 1 unspecified atom stereocenters. The highest BCUT2D eigenvalue weighted by molar-refractivity contribution is 5.77. The Morgan fingerprint density at radius 1 is 1.10 bits per heavy atom. The Bertz CT molecular complexity index is 851. The number of hydrogen-bond donors (Lipinski definition) is 0. The Balaban J connectivity index is 1.45. The molecule has 4 heteroatoms. The molecule has 29 heavy (non-hydrogen) atoms. The number of likely N-dealkylation sites (tertiary alicyclic amines) is 1. The Labute approximate surface area is 174 Å². The molecule has 1 saturated heterocycles. The maximum absolute atomic E-state index is 12.4. The fraction of sp³-hybridized carbons (Fsp3) is 0.480. The second-order valence-electron chi connectivity index (χ2n) is 8.89. The molecular formula is C25H32N2O2. The number of carbonyl (C=O) groups is 1. The molecule has 0 N–H and O–H groups in total. The molecule has 154 valence electrons. The highest BCUT2D eigenvalue weighted by Gasteiger charge is 2.45. The number of nitrogens with zero attached hydrogens (tertiary/aromatic N) is 2. The standard InChI is InChI=1S/C25H32N2O2/c1-26(2)24(28)16-20-17-25(23-7-5-4-6-22(20)23)12-14-27(15-13-25)18-19-8-10-21(29-3)11-9-19/h4-11,20H,12-18H2,1-3H3. The van der Waals surface area contributed by atoms with Crippen LogP contribution in [0.15, 0.2) is 48.5 Å². The summed E-state index contributed by atoms with van der Waals surface area (Å²) in [5.41, 5.74) is 4.49. The zero-order valence-corrected chi connectivity index (χ0v) is 17.9. The maximum atomic E-state index is 12.4. The van der Waals surface area contributed by atoms with Crippen LogP contribution in [0.2, 0.25) is 0 Å². The van der Waals surface area contributed by atoms with Crippen LogP contribution in [0.25, 0.3) is 0 Å². The molecule has 4 rings (SSSR count). The normalized spacial score (nSPS) is 20.4. The van der Waals surface area contributed by atoms with Crippen molar-refractivity contribution < 1.29 is 9.53 Å². The van der Waals surface area contributed by atoms with Crippen LogP contribution in [-0.4, -0.2) is 50.0 Å². The number of hydrogen-bond acceptors (Lipinski definition) is 3. The van der Waals surface area contributed by atoms with E-state index in [2.05, 4.69) is 41.3 Å². The van der Waals surface area contributed by atoms with Crippen molar-refractivity contribution in [3.63, 3.8) is 0 Å². The van der Waals surface area contributed by atoms with Gasteiger partial charge in [0.2, 0.25) is 5.91 Å². The molecule has 1 heterocycles. The lowest BCUT2D eigenvalue weighted by atomic mass is 9.73. The number of benzene rings is 2. The maximum Gasteiger partial charge on any atom is 0.222 e. The molecule has 0 radical (unpaired) electrons. The van der Waals surface area contributed by atoms with Gasteiger partial charge in [-0.15, -0.1) is 0 Å². The molecule has 0 bridgehead atoms. The van der Waals surface area contributed by atoms with Crippen molar-refractivity contribution in [2.24, 2.45) is 0 Å². The highest BCUT2D eigenvalue weighted by atomic mass is 16.5. The van der Waals surface area contributed by atoms with Gasteiger partial charge < -0.3 is 9.64 Å². The van der Waals surface area contributed by atoms with E-state index in [-0.39, 0.29) is 11.3 Å². The molecule has 2 aromatic carbocycles. The summed E-state index contributed by atoms with van der Waals surface area (Å²) in [7, 11) is 5.42. The average Bonchev–Trinajstić information content (AvgIpc) is 3.04. The van der Waals surface area contributed by atoms with Gasteiger partial charge in [0.25, 0.3) is 0 Å². The highest BCUT2D eigenvalue weighted by Crippen LogP contribution is 2.52. The van der Waals surface area contributed by atoms with Gasteiger partial charge in [-0.2, -0.15) is 0 Å². The van der Waals surface area contributed by atoms with Gasteiger partial charge in [0.05, 0.1) is 7.11 Å². The third kappa shape index (κ3) is 4.04. The Hall–Kier alpha value is -2.33. The summed E-state index contributed by atoms with van der Waals surface area (Å²) in [4.78, 5) is 16.7. The lowest BCUT2D eigenvalue weighted by Crippen LogP contribution is -2.41. The van der Waals surface area contributed by atoms with Crippen LogP contribution in [-0.2, 0) is 16.8 Å². The first kappa shape index (κ1) is 20.0. The zero-order valence-electron chi connectivity index (χ0n) is 17.9. The van der Waals surface area contributed by atoms with Crippen molar-refractivity contribution >= 4 is 5.91 Å². The minimum Gasteiger partial charge on any atom is -0.497 e. The minimum absolute atomic E-state index is 0.235. The molecule has 1 aliphatic carbocycles. The zero-order chi connectivity index (χ0) is 20.4. The number of amides is 1. The van der Waals surface area contributed by atoms with E-state index in [1.54, 1.807) is 12.0 Å². The average molecular weight is 393 g/mol. The van der Waals surface area contributed by atoms with Crippen molar-refractivity contribution in [1.82, 2.24) is 9.80 Å². The Kier molecular flexibility index (Phi) is 5.64. The molecule has 1 fully saturated rings. The number of fused-ring (bicyclic) bond motifs is 2. The van der Waals surface area contributed by atoms with E-state index in [0.29, 0.717) is 12.3 Å². The van der Waals surface area contributed by atoms with Crippen molar-refractivity contribution in [3.05, 3.63) is 65.2 Å². The molecule has 0 saturated carbocycles. The van der Waals surface area contributed by atoms with Crippen LogP contribution in [0.5, 0.6) is 5.75 Å². The number of rotatable bonds is 5. The largest absolute Gasteiger partial charge is 0.497 e. The first-order valence-electron chi connectivity index (χ1n) is 10.7. The summed E-state index contributed by atoms with van der Waals surface area (Å²) in [5, 5.41) is 0. The third-order valence-electron chi connectivity index (χ3n) is 6.91. The minimum atomic E-state index is 0.235. The van der Waals surface area contributed by atoms with Crippen LogP contribution in [0, 0.1) is 0 Å². The van der Waals surface area contributed by atoms with Crippen LogP contribution < -0.4 is 4.74 Å². The van der Waals surface area contributed by atoms with E-state index in [1.807, 2.05) is 26.2 Å². The number of carbonyl (C=O) groups excluding carboxylic acids is 1. The monoisotopic (exact) mass is 392 g/mol. The summed E-state index contributed by atoms with van der Waals surface area (Å²) in [6.07, 6.45) is 4.09. The van der Waals surface area contributed by atoms with Gasteiger partial charge in [0.15, 0.2) is 0 Å². The second-order valence-corrected chi connectivity index (χ2v) is 8.89. The van der Waals surface area contributed by atoms with Gasteiger partial charge in [0.1, 0.15) is 5.75 Å². The summed E-state index contributed by atoms with van der Waals surface area (Å²) < 4.78 is 5.27. The van der Waals surface area contributed by atoms with Crippen molar-refractivity contribution in [1.29, 1.82) is 0 Å². The molecular weight excluding hydrogens is 360 g/mol. The number of methoxy groups -OCH3 is 1. The van der Waals surface area contributed by atoms with E-state index in [4.69, 9.17) is 4.74 Å². The van der Waals surface area contributed by atoms with Crippen molar-refractivity contribution in [2.45, 2.75) is 43.6 Å². The lowest BCUT2D eigenvalue weighted by Gasteiger charge is -2.40. The van der Waals surface area contributed by atoms with E-state index < -0.39 is 0 Å². The predicted molar refractivity (Wildman–Crippen MR) is 116 cm³/mol. The van der Waals surface area contributed by atoms with Gasteiger partial charge in [-0.05, 0) is 72.5 Å². The van der Waals surface area contributed by atoms with E-state index in [9.17, 15) is 4.79 Å². The van der Waals surface area contributed by atoms with Gasteiger partial charge >= 0.3 is 0 Å². The van der Waals surface area contributed by atoms with Crippen molar-refractivity contribution in [3.8, 4) is 5.75 Å².